The van der Waals surface area contributed by atoms with Crippen LogP contribution in [0.1, 0.15) is 36.7 Å². The van der Waals surface area contributed by atoms with E-state index in [0.717, 1.165) is 22.0 Å². The van der Waals surface area contributed by atoms with Gasteiger partial charge in [-0.3, -0.25) is 33.4 Å². The number of halogens is 1. The summed E-state index contributed by atoms with van der Waals surface area (Å²) in [5, 5.41) is 3.23. The molecule has 17 heteroatoms. The Labute approximate surface area is 263 Å². The molecule has 2 fully saturated rings. The number of pyridine rings is 1. The van der Waals surface area contributed by atoms with Gasteiger partial charge in [-0.1, -0.05) is 37.6 Å². The number of anilines is 1. The van der Waals surface area contributed by atoms with Crippen molar-refractivity contribution in [1.29, 1.82) is 0 Å². The average molecular weight is 659 g/mol. The van der Waals surface area contributed by atoms with Crippen molar-refractivity contribution >= 4 is 62.4 Å². The van der Waals surface area contributed by atoms with Crippen molar-refractivity contribution in [3.63, 3.8) is 0 Å². The monoisotopic (exact) mass is 658 g/mol. The van der Waals surface area contributed by atoms with Gasteiger partial charge in [-0.25, -0.2) is 23.2 Å². The van der Waals surface area contributed by atoms with Crippen LogP contribution in [-0.4, -0.2) is 88.6 Å². The lowest BCUT2D eigenvalue weighted by atomic mass is 9.84. The van der Waals surface area contributed by atoms with Crippen LogP contribution in [0.25, 0.3) is 11.2 Å². The number of nitrogens with one attached hydrogen (secondary N) is 2. The molecule has 0 aliphatic carbocycles. The zero-order valence-electron chi connectivity index (χ0n) is 24.7. The fourth-order valence-corrected chi connectivity index (χ4v) is 6.50. The summed E-state index contributed by atoms with van der Waals surface area (Å²) in [4.78, 5) is 77.0. The predicted molar refractivity (Wildman–Crippen MR) is 164 cm³/mol. The van der Waals surface area contributed by atoms with Crippen molar-refractivity contribution in [3.05, 3.63) is 63.0 Å². The Morgan fingerprint density at radius 1 is 1.07 bits per heavy atom. The van der Waals surface area contributed by atoms with Crippen LogP contribution in [0.3, 0.4) is 0 Å². The van der Waals surface area contributed by atoms with Crippen LogP contribution in [0.4, 0.5) is 10.6 Å². The third kappa shape index (κ3) is 7.06. The number of likely N-dealkylation sites (tertiary alicyclic amines) is 1. The zero-order chi connectivity index (χ0) is 32.7. The lowest BCUT2D eigenvalue weighted by molar-refractivity contribution is -0.142. The summed E-state index contributed by atoms with van der Waals surface area (Å²) in [6.07, 6.45) is 1.24. The van der Waals surface area contributed by atoms with Crippen LogP contribution in [0.5, 0.6) is 0 Å². The number of amides is 5. The van der Waals surface area contributed by atoms with Crippen molar-refractivity contribution in [2.24, 2.45) is 5.41 Å². The maximum Gasteiger partial charge on any atom is 0.326 e. The Bertz CT molecular complexity index is 1870. The highest BCUT2D eigenvalue weighted by Crippen LogP contribution is 2.29. The van der Waals surface area contributed by atoms with Gasteiger partial charge in [0.2, 0.25) is 11.8 Å². The molecule has 2 saturated heterocycles. The highest BCUT2D eigenvalue weighted by molar-refractivity contribution is 7.90. The summed E-state index contributed by atoms with van der Waals surface area (Å²) in [6, 6.07) is 7.35. The van der Waals surface area contributed by atoms with Gasteiger partial charge in [-0.05, 0) is 29.2 Å². The van der Waals surface area contributed by atoms with E-state index in [0.29, 0.717) is 18.1 Å². The molecule has 4 heterocycles. The quantitative estimate of drug-likeness (QED) is 0.337. The van der Waals surface area contributed by atoms with Gasteiger partial charge in [-0.15, -0.1) is 0 Å². The van der Waals surface area contributed by atoms with Crippen molar-refractivity contribution in [2.45, 2.75) is 33.9 Å². The minimum atomic E-state index is -4.10. The van der Waals surface area contributed by atoms with Crippen molar-refractivity contribution in [3.8, 4) is 0 Å². The van der Waals surface area contributed by atoms with Gasteiger partial charge in [0.25, 0.3) is 21.5 Å². The Kier molecular flexibility index (Phi) is 8.55. The lowest BCUT2D eigenvalue weighted by Gasteiger charge is -2.45. The van der Waals surface area contributed by atoms with E-state index in [4.69, 9.17) is 11.6 Å². The normalized spacial score (nSPS) is 16.1. The van der Waals surface area contributed by atoms with Gasteiger partial charge in [0.1, 0.15) is 23.5 Å². The number of nitrogens with zero attached hydrogens (tertiary/aromatic N) is 6. The molecule has 2 N–H and O–H groups in total. The molecule has 3 aromatic rings. The van der Waals surface area contributed by atoms with Crippen LogP contribution in [0.15, 0.2) is 41.3 Å². The molecule has 0 spiro atoms. The second-order valence-corrected chi connectivity index (χ2v) is 13.8. The molecule has 15 nitrogen and oxygen atoms in total. The minimum absolute atomic E-state index is 0.0237. The van der Waals surface area contributed by atoms with Crippen molar-refractivity contribution in [1.82, 2.24) is 34.4 Å². The van der Waals surface area contributed by atoms with Crippen LogP contribution in [0.2, 0.25) is 5.02 Å². The number of benzene rings is 1. The predicted octanol–water partition coefficient (Wildman–Crippen LogP) is 0.909. The van der Waals surface area contributed by atoms with Crippen LogP contribution >= 0.6 is 11.6 Å². The molecule has 2 aromatic heterocycles. The summed E-state index contributed by atoms with van der Waals surface area (Å²) in [6.45, 7) is 5.92. The van der Waals surface area contributed by atoms with Gasteiger partial charge >= 0.3 is 6.03 Å². The Balaban J connectivity index is 1.46. The molecule has 0 saturated carbocycles. The second-order valence-electron chi connectivity index (χ2n) is 11.7. The van der Waals surface area contributed by atoms with E-state index in [2.05, 4.69) is 15.3 Å². The maximum absolute atomic E-state index is 13.6. The van der Waals surface area contributed by atoms with Gasteiger partial charge in [-0.2, -0.15) is 0 Å². The molecule has 0 unspecified atom stereocenters. The Hall–Kier alpha value is -4.57. The molecule has 0 radical (unpaired) electrons. The van der Waals surface area contributed by atoms with E-state index in [1.807, 2.05) is 18.6 Å². The van der Waals surface area contributed by atoms with Gasteiger partial charge in [0.05, 0.1) is 6.20 Å². The molecule has 0 atom stereocenters. The second kappa shape index (κ2) is 12.1. The Morgan fingerprint density at radius 2 is 1.76 bits per heavy atom. The minimum Gasteiger partial charge on any atom is -0.348 e. The molecule has 45 heavy (non-hydrogen) atoms. The first-order valence-electron chi connectivity index (χ1n) is 13.9. The lowest BCUT2D eigenvalue weighted by Crippen LogP contribution is -2.56. The molecule has 0 bridgehead atoms. The van der Waals surface area contributed by atoms with Crippen LogP contribution in [-0.2, 0) is 32.7 Å². The van der Waals surface area contributed by atoms with Crippen molar-refractivity contribution in [2.75, 3.05) is 37.0 Å². The topological polar surface area (TPSA) is 184 Å². The van der Waals surface area contributed by atoms with Gasteiger partial charge in [0.15, 0.2) is 11.5 Å². The molecule has 2 aliphatic heterocycles. The largest absolute Gasteiger partial charge is 0.348 e. The number of hydrogen-bond donors (Lipinski definition) is 2. The van der Waals surface area contributed by atoms with Crippen LogP contribution < -0.4 is 20.5 Å². The summed E-state index contributed by atoms with van der Waals surface area (Å²) in [5.74, 6) is -2.51. The first kappa shape index (κ1) is 31.8. The number of carbonyl (C=O) groups excluding carboxylic acids is 4. The summed E-state index contributed by atoms with van der Waals surface area (Å²) < 4.78 is 27.3. The van der Waals surface area contributed by atoms with E-state index in [9.17, 15) is 32.4 Å². The fourth-order valence-electron chi connectivity index (χ4n) is 5.22. The number of sulfonamides is 1. The number of rotatable bonds is 9. The first-order chi connectivity index (χ1) is 21.1. The summed E-state index contributed by atoms with van der Waals surface area (Å²) in [7, 11) is -4.10. The average Bonchev–Trinajstić information content (AvgIpc) is 3.30. The van der Waals surface area contributed by atoms with Gasteiger partial charge in [0, 0.05) is 44.7 Å². The highest BCUT2D eigenvalue weighted by atomic mass is 35.5. The summed E-state index contributed by atoms with van der Waals surface area (Å²) in [5.41, 5.74) is -0.226. The van der Waals surface area contributed by atoms with Gasteiger partial charge < -0.3 is 15.1 Å². The van der Waals surface area contributed by atoms with E-state index < -0.39 is 39.3 Å². The molecule has 238 valence electrons. The standard InChI is InChI=1S/C28H31ClN8O7S/c1-17(38)33-45(43,44)16-34-8-9-36(27(34)42)22-12-30-24-21(32-22)10-20(25(40)31-11-18-4-6-19(29)7-5-18)26(41)37(24)13-23(39)35-14-28(2,3)15-35/h4-7,10,12H,8-9,11,13-16H2,1-3H3,(H,31,40)(H,33,38). The third-order valence-electron chi connectivity index (χ3n) is 7.27. The SMILES string of the molecule is CC(=O)NS(=O)(=O)CN1CCN(c2cnc3c(cc(C(=O)NCc4ccc(Cl)cc4)c(=O)n3CC(=O)N3CC(C)(C)C3)n2)C1=O. The van der Waals surface area contributed by atoms with E-state index in [-0.39, 0.29) is 60.0 Å². The first-order valence-corrected chi connectivity index (χ1v) is 15.9. The molecular formula is C28H31ClN8O7S. The van der Waals surface area contributed by atoms with E-state index in [1.54, 1.807) is 29.2 Å². The smallest absolute Gasteiger partial charge is 0.326 e. The number of carbonyl (C=O) groups is 4. The third-order valence-corrected chi connectivity index (χ3v) is 8.77. The van der Waals surface area contributed by atoms with Crippen LogP contribution in [0, 0.1) is 5.41 Å². The highest BCUT2D eigenvalue weighted by Gasteiger charge is 2.38. The number of urea groups is 1. The molecular weight excluding hydrogens is 628 g/mol. The fraction of sp³-hybridized carbons (Fsp3) is 0.393. The molecule has 1 aromatic carbocycles. The maximum atomic E-state index is 13.6. The number of hydrogen-bond acceptors (Lipinski definition) is 9. The zero-order valence-corrected chi connectivity index (χ0v) is 26.3. The molecule has 5 amide bonds. The van der Waals surface area contributed by atoms with E-state index >= 15 is 0 Å². The van der Waals surface area contributed by atoms with Crippen molar-refractivity contribution < 1.29 is 27.6 Å². The summed E-state index contributed by atoms with van der Waals surface area (Å²) >= 11 is 5.94. The number of fused-ring (bicyclic) bond motifs is 1. The Morgan fingerprint density at radius 3 is 2.40 bits per heavy atom. The van der Waals surface area contributed by atoms with E-state index in [1.165, 1.54) is 17.2 Å². The molecule has 2 aliphatic rings. The number of aromatic nitrogens is 3. The molecule has 5 rings (SSSR count).